The van der Waals surface area contributed by atoms with E-state index < -0.39 is 6.04 Å². The molecule has 202 valence electrons. The standard InChI is InChI=1S/C31H29FN6O2/c1-20-4-3-5-24-18-27(31(39)33-28(20)24)29(37-16-14-23(15-17-37)22-8-10-25(32)11-9-22)30-34-35-36-38(30)19-21-6-12-26(40-2)13-7-21/h3-14,18,29H,15-17,19H2,1-2H3,(H,33,39)/t29-/m1/s1. The molecular weight excluding hydrogens is 507 g/mol. The SMILES string of the molecule is COc1ccc(Cn2nnnc2[C@@H](c2cc3cccc(C)c3[nH]c2=O)N2CC=C(c3ccc(F)cc3)CC2)cc1. The number of rotatable bonds is 7. The average Bonchev–Trinajstić information content (AvgIpc) is 3.43. The monoisotopic (exact) mass is 536 g/mol. The molecular formula is C31H29FN6O2. The van der Waals surface area contributed by atoms with Gasteiger partial charge in [-0.1, -0.05) is 48.5 Å². The second kappa shape index (κ2) is 10.9. The van der Waals surface area contributed by atoms with Gasteiger partial charge in [0.05, 0.1) is 19.2 Å². The zero-order valence-corrected chi connectivity index (χ0v) is 22.3. The Kier molecular flexibility index (Phi) is 6.96. The number of H-pyrrole nitrogens is 1. The summed E-state index contributed by atoms with van der Waals surface area (Å²) in [5, 5.41) is 13.7. The summed E-state index contributed by atoms with van der Waals surface area (Å²) in [4.78, 5) is 18.9. The van der Waals surface area contributed by atoms with E-state index in [-0.39, 0.29) is 11.4 Å². The van der Waals surface area contributed by atoms with Gasteiger partial charge in [0.15, 0.2) is 5.82 Å². The Morgan fingerprint density at radius 3 is 2.60 bits per heavy atom. The molecule has 1 aliphatic rings. The van der Waals surface area contributed by atoms with E-state index in [2.05, 4.69) is 31.5 Å². The zero-order chi connectivity index (χ0) is 27.6. The van der Waals surface area contributed by atoms with Crippen LogP contribution >= 0.6 is 0 Å². The van der Waals surface area contributed by atoms with E-state index in [1.54, 1.807) is 23.9 Å². The van der Waals surface area contributed by atoms with Gasteiger partial charge in [-0.25, -0.2) is 9.07 Å². The Balaban J connectivity index is 1.41. The van der Waals surface area contributed by atoms with Crippen molar-refractivity contribution < 1.29 is 9.13 Å². The molecule has 2 aromatic heterocycles. The molecule has 0 saturated carbocycles. The fourth-order valence-corrected chi connectivity index (χ4v) is 5.37. The first-order chi connectivity index (χ1) is 19.5. The lowest BCUT2D eigenvalue weighted by atomic mass is 9.96. The molecule has 5 aromatic rings. The highest BCUT2D eigenvalue weighted by Gasteiger charge is 2.31. The number of nitrogens with one attached hydrogen (secondary N) is 1. The number of ether oxygens (including phenoxy) is 1. The van der Waals surface area contributed by atoms with Crippen LogP contribution in [0, 0.1) is 12.7 Å². The van der Waals surface area contributed by atoms with Gasteiger partial charge in [-0.2, -0.15) is 0 Å². The summed E-state index contributed by atoms with van der Waals surface area (Å²) >= 11 is 0. The predicted octanol–water partition coefficient (Wildman–Crippen LogP) is 4.90. The van der Waals surface area contributed by atoms with Crippen LogP contribution in [0.3, 0.4) is 0 Å². The molecule has 9 heteroatoms. The molecule has 0 saturated heterocycles. The van der Waals surface area contributed by atoms with Crippen LogP contribution in [0.25, 0.3) is 16.5 Å². The minimum Gasteiger partial charge on any atom is -0.497 e. The van der Waals surface area contributed by atoms with Crippen LogP contribution in [0.4, 0.5) is 4.39 Å². The summed E-state index contributed by atoms with van der Waals surface area (Å²) in [7, 11) is 1.64. The van der Waals surface area contributed by atoms with Crippen molar-refractivity contribution in [3.05, 3.63) is 123 Å². The summed E-state index contributed by atoms with van der Waals surface area (Å²) in [6, 6.07) is 21.8. The predicted molar refractivity (Wildman–Crippen MR) is 152 cm³/mol. The van der Waals surface area contributed by atoms with Crippen molar-refractivity contribution in [3.63, 3.8) is 0 Å². The number of benzene rings is 3. The maximum atomic E-state index is 13.6. The Hall–Kier alpha value is -4.63. The lowest BCUT2D eigenvalue weighted by Gasteiger charge is -2.33. The van der Waals surface area contributed by atoms with Gasteiger partial charge >= 0.3 is 0 Å². The molecule has 3 aromatic carbocycles. The van der Waals surface area contributed by atoms with Crippen molar-refractivity contribution in [2.75, 3.05) is 20.2 Å². The summed E-state index contributed by atoms with van der Waals surface area (Å²) < 4.78 is 20.5. The van der Waals surface area contributed by atoms with Crippen LogP contribution in [0.5, 0.6) is 5.75 Å². The quantitative estimate of drug-likeness (QED) is 0.318. The highest BCUT2D eigenvalue weighted by atomic mass is 19.1. The number of halogens is 1. The molecule has 8 nitrogen and oxygen atoms in total. The molecule has 0 amide bonds. The number of pyridine rings is 1. The molecule has 1 aliphatic heterocycles. The second-order valence-electron chi connectivity index (χ2n) is 10.0. The van der Waals surface area contributed by atoms with Gasteiger partial charge in [0, 0.05) is 18.7 Å². The number of para-hydroxylation sites is 1. The van der Waals surface area contributed by atoms with E-state index in [4.69, 9.17) is 4.74 Å². The van der Waals surface area contributed by atoms with Crippen molar-refractivity contribution in [3.8, 4) is 5.75 Å². The van der Waals surface area contributed by atoms with Crippen LogP contribution in [0.2, 0.25) is 0 Å². The number of tetrazole rings is 1. The van der Waals surface area contributed by atoms with Gasteiger partial charge in [0.25, 0.3) is 5.56 Å². The minimum atomic E-state index is -0.479. The second-order valence-corrected chi connectivity index (χ2v) is 10.0. The van der Waals surface area contributed by atoms with E-state index >= 15 is 0 Å². The molecule has 0 unspecified atom stereocenters. The molecule has 1 atom stereocenters. The van der Waals surface area contributed by atoms with Gasteiger partial charge in [-0.15, -0.1) is 5.10 Å². The number of aryl methyl sites for hydroxylation is 1. The maximum absolute atomic E-state index is 13.6. The molecule has 6 rings (SSSR count). The molecule has 0 spiro atoms. The Bertz CT molecular complexity index is 1740. The van der Waals surface area contributed by atoms with Crippen LogP contribution in [-0.4, -0.2) is 50.3 Å². The zero-order valence-electron chi connectivity index (χ0n) is 22.3. The first-order valence-electron chi connectivity index (χ1n) is 13.2. The third-order valence-corrected chi connectivity index (χ3v) is 7.53. The molecule has 0 fully saturated rings. The summed E-state index contributed by atoms with van der Waals surface area (Å²) in [6.45, 7) is 3.68. The van der Waals surface area contributed by atoms with Crippen LogP contribution in [0.15, 0.2) is 83.7 Å². The van der Waals surface area contributed by atoms with E-state index in [9.17, 15) is 9.18 Å². The molecule has 40 heavy (non-hydrogen) atoms. The van der Waals surface area contributed by atoms with Crippen LogP contribution < -0.4 is 10.3 Å². The van der Waals surface area contributed by atoms with E-state index in [0.717, 1.165) is 45.3 Å². The highest BCUT2D eigenvalue weighted by molar-refractivity contribution is 5.82. The first-order valence-corrected chi connectivity index (χ1v) is 13.2. The summed E-state index contributed by atoms with van der Waals surface area (Å²) in [5.41, 5.74) is 5.41. The molecule has 0 aliphatic carbocycles. The number of hydrogen-bond donors (Lipinski definition) is 1. The van der Waals surface area contributed by atoms with Gasteiger partial charge < -0.3 is 9.72 Å². The Morgan fingerprint density at radius 2 is 1.88 bits per heavy atom. The highest BCUT2D eigenvalue weighted by Crippen LogP contribution is 2.32. The van der Waals surface area contributed by atoms with Gasteiger partial charge in [0.1, 0.15) is 17.6 Å². The van der Waals surface area contributed by atoms with E-state index in [1.165, 1.54) is 12.1 Å². The van der Waals surface area contributed by atoms with Gasteiger partial charge in [-0.05, 0) is 81.8 Å². The number of hydrogen-bond acceptors (Lipinski definition) is 6. The van der Waals surface area contributed by atoms with Crippen molar-refractivity contribution in [1.82, 2.24) is 30.1 Å². The minimum absolute atomic E-state index is 0.167. The number of aromatic nitrogens is 5. The fraction of sp³-hybridized carbons (Fsp3) is 0.226. The largest absolute Gasteiger partial charge is 0.497 e. The number of methoxy groups -OCH3 is 1. The average molecular weight is 537 g/mol. The van der Waals surface area contributed by atoms with Gasteiger partial charge in [-0.3, -0.25) is 9.69 Å². The Morgan fingerprint density at radius 1 is 1.07 bits per heavy atom. The molecule has 0 radical (unpaired) electrons. The van der Waals surface area contributed by atoms with Crippen LogP contribution in [0.1, 0.15) is 40.5 Å². The molecule has 0 bridgehead atoms. The van der Waals surface area contributed by atoms with Gasteiger partial charge in [0.2, 0.25) is 0 Å². The van der Waals surface area contributed by atoms with Crippen molar-refractivity contribution in [2.24, 2.45) is 0 Å². The lowest BCUT2D eigenvalue weighted by molar-refractivity contribution is 0.234. The topological polar surface area (TPSA) is 88.9 Å². The summed E-state index contributed by atoms with van der Waals surface area (Å²) in [5.74, 6) is 1.11. The smallest absolute Gasteiger partial charge is 0.253 e. The van der Waals surface area contributed by atoms with E-state index in [1.807, 2.05) is 55.5 Å². The van der Waals surface area contributed by atoms with Crippen LogP contribution in [-0.2, 0) is 6.54 Å². The normalized spacial score (nSPS) is 14.7. The molecule has 3 heterocycles. The van der Waals surface area contributed by atoms with E-state index in [0.29, 0.717) is 31.0 Å². The lowest BCUT2D eigenvalue weighted by Crippen LogP contribution is -2.38. The molecule has 1 N–H and O–H groups in total. The first kappa shape index (κ1) is 25.6. The van der Waals surface area contributed by atoms with Crippen molar-refractivity contribution >= 4 is 16.5 Å². The fourth-order valence-electron chi connectivity index (χ4n) is 5.37. The third-order valence-electron chi connectivity index (χ3n) is 7.53. The number of aromatic amines is 1. The summed E-state index contributed by atoms with van der Waals surface area (Å²) in [6.07, 6.45) is 2.88. The van der Waals surface area contributed by atoms with Crippen molar-refractivity contribution in [2.45, 2.75) is 25.9 Å². The third kappa shape index (κ3) is 5.03. The number of fused-ring (bicyclic) bond motifs is 1. The maximum Gasteiger partial charge on any atom is 0.253 e. The Labute approximate surface area is 230 Å². The number of nitrogens with zero attached hydrogens (tertiary/aromatic N) is 5. The van der Waals surface area contributed by atoms with Crippen molar-refractivity contribution in [1.29, 1.82) is 0 Å².